The van der Waals surface area contributed by atoms with Crippen LogP contribution in [-0.2, 0) is 9.53 Å². The quantitative estimate of drug-likeness (QED) is 0.596. The summed E-state index contributed by atoms with van der Waals surface area (Å²) in [5.74, 6) is -0.431. The van der Waals surface area contributed by atoms with Crippen LogP contribution in [0.4, 0.5) is 0 Å². The summed E-state index contributed by atoms with van der Waals surface area (Å²) >= 11 is 0. The topological polar surface area (TPSA) is 65.2 Å². The maximum atomic E-state index is 11.2. The Hall–Kier alpha value is -1.84. The van der Waals surface area contributed by atoms with Crippen molar-refractivity contribution < 1.29 is 9.53 Å². The Bertz CT molecular complexity index is 347. The molecule has 80 valence electrons. The zero-order valence-corrected chi connectivity index (χ0v) is 8.64. The molecule has 0 fully saturated rings. The van der Waals surface area contributed by atoms with Crippen molar-refractivity contribution in [2.45, 2.75) is 13.3 Å². The van der Waals surface area contributed by atoms with Gasteiger partial charge in [0.25, 0.3) is 0 Å². The fourth-order valence-electron chi connectivity index (χ4n) is 0.979. The van der Waals surface area contributed by atoms with Crippen LogP contribution in [0.1, 0.15) is 19.0 Å². The monoisotopic (exact) mass is 206 g/mol. The lowest BCUT2D eigenvalue weighted by Crippen LogP contribution is -2.06. The molecule has 1 heterocycles. The standard InChI is InChI=1S/C11H14N2O2/c1-2-7-15-11(14)8-9(12)10-5-3-4-6-13-10/h3-6,8H,2,7,12H2,1H3/b9-8-. The number of pyridine rings is 1. The van der Waals surface area contributed by atoms with Crippen molar-refractivity contribution in [2.75, 3.05) is 6.61 Å². The Morgan fingerprint density at radius 1 is 1.60 bits per heavy atom. The molecule has 0 aliphatic carbocycles. The number of hydrogen-bond acceptors (Lipinski definition) is 4. The number of ether oxygens (including phenoxy) is 1. The molecule has 0 aromatic carbocycles. The van der Waals surface area contributed by atoms with Crippen LogP contribution in [0.25, 0.3) is 5.70 Å². The van der Waals surface area contributed by atoms with Gasteiger partial charge in [-0.2, -0.15) is 0 Å². The van der Waals surface area contributed by atoms with Crippen LogP contribution in [0.2, 0.25) is 0 Å². The van der Waals surface area contributed by atoms with Gasteiger partial charge < -0.3 is 10.5 Å². The number of hydrogen-bond donors (Lipinski definition) is 1. The third-order valence-electron chi connectivity index (χ3n) is 1.68. The van der Waals surface area contributed by atoms with E-state index in [4.69, 9.17) is 10.5 Å². The van der Waals surface area contributed by atoms with E-state index in [-0.39, 0.29) is 0 Å². The molecule has 4 heteroatoms. The molecule has 0 saturated carbocycles. The van der Waals surface area contributed by atoms with E-state index in [0.29, 0.717) is 18.0 Å². The van der Waals surface area contributed by atoms with E-state index >= 15 is 0 Å². The highest BCUT2D eigenvalue weighted by Gasteiger charge is 2.02. The Kier molecular flexibility index (Phi) is 4.34. The number of aromatic nitrogens is 1. The lowest BCUT2D eigenvalue weighted by atomic mass is 10.2. The lowest BCUT2D eigenvalue weighted by Gasteiger charge is -2.01. The van der Waals surface area contributed by atoms with Gasteiger partial charge in [-0.25, -0.2) is 4.79 Å². The third-order valence-corrected chi connectivity index (χ3v) is 1.68. The molecule has 0 amide bonds. The Morgan fingerprint density at radius 2 is 2.40 bits per heavy atom. The Labute approximate surface area is 88.8 Å². The van der Waals surface area contributed by atoms with Gasteiger partial charge in [0.1, 0.15) is 0 Å². The first-order chi connectivity index (χ1) is 7.24. The third kappa shape index (κ3) is 3.81. The SMILES string of the molecule is CCCOC(=O)/C=C(\N)c1ccccn1. The predicted molar refractivity (Wildman–Crippen MR) is 57.7 cm³/mol. The molecular weight excluding hydrogens is 192 g/mol. The molecule has 0 aliphatic rings. The molecule has 15 heavy (non-hydrogen) atoms. The van der Waals surface area contributed by atoms with Gasteiger partial charge in [0.05, 0.1) is 18.0 Å². The summed E-state index contributed by atoms with van der Waals surface area (Å²) in [5, 5.41) is 0. The highest BCUT2D eigenvalue weighted by atomic mass is 16.5. The van der Waals surface area contributed by atoms with E-state index in [1.807, 2.05) is 6.92 Å². The molecule has 0 saturated heterocycles. The zero-order valence-electron chi connectivity index (χ0n) is 8.64. The second kappa shape index (κ2) is 5.80. The van der Waals surface area contributed by atoms with E-state index in [0.717, 1.165) is 6.42 Å². The van der Waals surface area contributed by atoms with Crippen molar-refractivity contribution in [1.29, 1.82) is 0 Å². The summed E-state index contributed by atoms with van der Waals surface area (Å²) in [5.41, 5.74) is 6.56. The number of rotatable bonds is 4. The van der Waals surface area contributed by atoms with E-state index < -0.39 is 5.97 Å². The van der Waals surface area contributed by atoms with Crippen molar-refractivity contribution >= 4 is 11.7 Å². The molecule has 0 unspecified atom stereocenters. The van der Waals surface area contributed by atoms with Gasteiger partial charge in [0.2, 0.25) is 0 Å². The zero-order chi connectivity index (χ0) is 11.1. The van der Waals surface area contributed by atoms with Crippen LogP contribution in [0.3, 0.4) is 0 Å². The number of carbonyl (C=O) groups is 1. The van der Waals surface area contributed by atoms with Crippen LogP contribution < -0.4 is 5.73 Å². The molecule has 0 aliphatic heterocycles. The minimum atomic E-state index is -0.431. The minimum Gasteiger partial charge on any atom is -0.462 e. The fraction of sp³-hybridized carbons (Fsp3) is 0.273. The number of nitrogens with two attached hydrogens (primary N) is 1. The van der Waals surface area contributed by atoms with Crippen LogP contribution in [-0.4, -0.2) is 17.6 Å². The van der Waals surface area contributed by atoms with Gasteiger partial charge in [-0.1, -0.05) is 13.0 Å². The van der Waals surface area contributed by atoms with Crippen LogP contribution in [0.5, 0.6) is 0 Å². The summed E-state index contributed by atoms with van der Waals surface area (Å²) in [6.45, 7) is 2.34. The number of nitrogens with zero attached hydrogens (tertiary/aromatic N) is 1. The normalized spacial score (nSPS) is 11.1. The number of carbonyl (C=O) groups excluding carboxylic acids is 1. The van der Waals surface area contributed by atoms with Gasteiger partial charge in [0.15, 0.2) is 0 Å². The summed E-state index contributed by atoms with van der Waals surface area (Å²) < 4.78 is 4.86. The molecule has 1 aromatic heterocycles. The average Bonchev–Trinajstić information content (AvgIpc) is 2.27. The highest BCUT2D eigenvalue weighted by molar-refractivity contribution is 5.90. The van der Waals surface area contributed by atoms with Crippen LogP contribution >= 0.6 is 0 Å². The summed E-state index contributed by atoms with van der Waals surface area (Å²) in [6, 6.07) is 5.32. The summed E-state index contributed by atoms with van der Waals surface area (Å²) in [4.78, 5) is 15.2. The minimum absolute atomic E-state index is 0.316. The first-order valence-corrected chi connectivity index (χ1v) is 4.79. The van der Waals surface area contributed by atoms with Crippen molar-refractivity contribution in [1.82, 2.24) is 4.98 Å². The second-order valence-electron chi connectivity index (χ2n) is 2.98. The average molecular weight is 206 g/mol. The molecule has 1 rings (SSSR count). The van der Waals surface area contributed by atoms with Crippen molar-refractivity contribution in [3.8, 4) is 0 Å². The fourth-order valence-corrected chi connectivity index (χ4v) is 0.979. The molecule has 0 spiro atoms. The first kappa shape index (κ1) is 11.2. The molecule has 2 N–H and O–H groups in total. The molecule has 0 atom stereocenters. The van der Waals surface area contributed by atoms with Gasteiger partial charge in [-0.15, -0.1) is 0 Å². The van der Waals surface area contributed by atoms with Crippen LogP contribution in [0, 0.1) is 0 Å². The number of esters is 1. The van der Waals surface area contributed by atoms with E-state index in [1.54, 1.807) is 24.4 Å². The van der Waals surface area contributed by atoms with Gasteiger partial charge in [-0.05, 0) is 18.6 Å². The van der Waals surface area contributed by atoms with Gasteiger partial charge in [-0.3, -0.25) is 4.98 Å². The molecule has 0 bridgehead atoms. The van der Waals surface area contributed by atoms with Crippen molar-refractivity contribution in [3.05, 3.63) is 36.2 Å². The van der Waals surface area contributed by atoms with E-state index in [1.165, 1.54) is 6.08 Å². The van der Waals surface area contributed by atoms with Crippen molar-refractivity contribution in [2.24, 2.45) is 5.73 Å². The largest absolute Gasteiger partial charge is 0.462 e. The maximum absolute atomic E-state index is 11.2. The Balaban J connectivity index is 2.64. The first-order valence-electron chi connectivity index (χ1n) is 4.79. The smallest absolute Gasteiger partial charge is 0.332 e. The van der Waals surface area contributed by atoms with Crippen molar-refractivity contribution in [3.63, 3.8) is 0 Å². The summed E-state index contributed by atoms with van der Waals surface area (Å²) in [7, 11) is 0. The van der Waals surface area contributed by atoms with E-state index in [9.17, 15) is 4.79 Å². The van der Waals surface area contributed by atoms with E-state index in [2.05, 4.69) is 4.98 Å². The summed E-state index contributed by atoms with van der Waals surface area (Å²) in [6.07, 6.45) is 3.66. The molecule has 4 nitrogen and oxygen atoms in total. The Morgan fingerprint density at radius 3 is 3.00 bits per heavy atom. The highest BCUT2D eigenvalue weighted by Crippen LogP contribution is 2.03. The molecular formula is C11H14N2O2. The van der Waals surface area contributed by atoms with Gasteiger partial charge >= 0.3 is 5.97 Å². The maximum Gasteiger partial charge on any atom is 0.332 e. The predicted octanol–water partition coefficient (Wildman–Crippen LogP) is 1.33. The molecule has 0 radical (unpaired) electrons. The lowest BCUT2D eigenvalue weighted by molar-refractivity contribution is -0.137. The molecule has 1 aromatic rings. The van der Waals surface area contributed by atoms with Crippen LogP contribution in [0.15, 0.2) is 30.5 Å². The second-order valence-corrected chi connectivity index (χ2v) is 2.98. The van der Waals surface area contributed by atoms with Gasteiger partial charge in [0, 0.05) is 12.3 Å².